The van der Waals surface area contributed by atoms with E-state index in [1.165, 1.54) is 24.3 Å². The zero-order chi connectivity index (χ0) is 15.4. The summed E-state index contributed by atoms with van der Waals surface area (Å²) in [6.45, 7) is 0. The third-order valence-corrected chi connectivity index (χ3v) is 3.41. The van der Waals surface area contributed by atoms with Crippen LogP contribution in [0.15, 0.2) is 71.5 Å². The summed E-state index contributed by atoms with van der Waals surface area (Å²) in [5, 5.41) is 0. The van der Waals surface area contributed by atoms with Gasteiger partial charge in [0.1, 0.15) is 0 Å². The second-order valence-electron chi connectivity index (χ2n) is 4.86. The van der Waals surface area contributed by atoms with Gasteiger partial charge in [-0.2, -0.15) is 0 Å². The van der Waals surface area contributed by atoms with Crippen LogP contribution in [0, 0.1) is 11.8 Å². The smallest absolute Gasteiger partial charge is 0.220 e. The van der Waals surface area contributed by atoms with E-state index in [0.717, 1.165) is 11.1 Å². The minimum atomic E-state index is -0.152. The first-order valence-electron chi connectivity index (χ1n) is 6.95. The largest absolute Gasteiger partial charge is 0.493 e. The number of rotatable bonds is 1. The Bertz CT molecular complexity index is 870. The molecule has 1 aromatic carbocycles. The first kappa shape index (κ1) is 13.9. The van der Waals surface area contributed by atoms with E-state index in [1.807, 2.05) is 18.2 Å². The summed E-state index contributed by atoms with van der Waals surface area (Å²) in [5.41, 5.74) is 3.93. The van der Waals surface area contributed by atoms with Gasteiger partial charge in [0.2, 0.25) is 5.43 Å². The summed E-state index contributed by atoms with van der Waals surface area (Å²) >= 11 is 0. The minimum absolute atomic E-state index is 0.152. The number of hydrogen-bond acceptors (Lipinski definition) is 2. The summed E-state index contributed by atoms with van der Waals surface area (Å²) in [6, 6.07) is 20.9. The maximum atomic E-state index is 11.6. The average molecular weight is 286 g/mol. The van der Waals surface area contributed by atoms with Gasteiger partial charge in [-0.25, -0.2) is 0 Å². The van der Waals surface area contributed by atoms with E-state index in [4.69, 9.17) is 4.74 Å². The van der Waals surface area contributed by atoms with Gasteiger partial charge in [-0.15, -0.1) is 0 Å². The van der Waals surface area contributed by atoms with E-state index in [2.05, 4.69) is 36.1 Å². The lowest BCUT2D eigenvalue weighted by Gasteiger charge is -1.89. The van der Waals surface area contributed by atoms with Crippen LogP contribution in [0.25, 0.3) is 11.1 Å². The SMILES string of the molecule is COc1ccc(C#Cc2ccc3cccc-3cc2)ccc1=O. The molecule has 0 unspecified atom stereocenters. The van der Waals surface area contributed by atoms with Crippen LogP contribution in [-0.4, -0.2) is 7.11 Å². The second kappa shape index (κ2) is 6.15. The van der Waals surface area contributed by atoms with Crippen LogP contribution in [-0.2, 0) is 0 Å². The maximum Gasteiger partial charge on any atom is 0.220 e. The van der Waals surface area contributed by atoms with E-state index < -0.39 is 0 Å². The molecule has 0 N–H and O–H groups in total. The van der Waals surface area contributed by atoms with Gasteiger partial charge in [0, 0.05) is 11.1 Å². The number of methoxy groups -OCH3 is 1. The molecular weight excluding hydrogens is 272 g/mol. The topological polar surface area (TPSA) is 26.3 Å². The summed E-state index contributed by atoms with van der Waals surface area (Å²) < 4.78 is 5.01. The van der Waals surface area contributed by atoms with Crippen LogP contribution in [0.3, 0.4) is 0 Å². The van der Waals surface area contributed by atoms with Gasteiger partial charge < -0.3 is 4.74 Å². The predicted molar refractivity (Wildman–Crippen MR) is 88.3 cm³/mol. The molecule has 0 heterocycles. The van der Waals surface area contributed by atoms with Gasteiger partial charge in [-0.3, -0.25) is 4.79 Å². The molecule has 106 valence electrons. The molecule has 0 spiro atoms. The highest BCUT2D eigenvalue weighted by atomic mass is 16.5. The van der Waals surface area contributed by atoms with Crippen LogP contribution in [0.2, 0.25) is 0 Å². The molecule has 0 bridgehead atoms. The van der Waals surface area contributed by atoms with E-state index in [9.17, 15) is 4.79 Å². The molecule has 2 nitrogen and oxygen atoms in total. The third kappa shape index (κ3) is 2.99. The molecule has 22 heavy (non-hydrogen) atoms. The molecule has 0 radical (unpaired) electrons. The highest BCUT2D eigenvalue weighted by Crippen LogP contribution is 2.21. The molecule has 0 amide bonds. The van der Waals surface area contributed by atoms with E-state index in [-0.39, 0.29) is 5.43 Å². The van der Waals surface area contributed by atoms with Crippen molar-refractivity contribution in [2.24, 2.45) is 0 Å². The Balaban J connectivity index is 1.96. The van der Waals surface area contributed by atoms with Crippen LogP contribution < -0.4 is 10.2 Å². The fourth-order valence-corrected chi connectivity index (χ4v) is 2.20. The van der Waals surface area contributed by atoms with Crippen molar-refractivity contribution in [3.8, 4) is 28.7 Å². The van der Waals surface area contributed by atoms with Crippen molar-refractivity contribution in [2.45, 2.75) is 0 Å². The lowest BCUT2D eigenvalue weighted by Crippen LogP contribution is -1.98. The van der Waals surface area contributed by atoms with Crippen molar-refractivity contribution in [3.63, 3.8) is 0 Å². The summed E-state index contributed by atoms with van der Waals surface area (Å²) in [6.07, 6.45) is 0. The Morgan fingerprint density at radius 1 is 0.727 bits per heavy atom. The fourth-order valence-electron chi connectivity index (χ4n) is 2.20. The molecule has 0 aromatic heterocycles. The van der Waals surface area contributed by atoms with Gasteiger partial charge in [-0.1, -0.05) is 42.2 Å². The summed E-state index contributed by atoms with van der Waals surface area (Å²) in [5.74, 6) is 6.52. The zero-order valence-corrected chi connectivity index (χ0v) is 12.2. The molecule has 0 fully saturated rings. The number of hydrogen-bond donors (Lipinski definition) is 0. The van der Waals surface area contributed by atoms with Crippen molar-refractivity contribution >= 4 is 0 Å². The van der Waals surface area contributed by atoms with Crippen molar-refractivity contribution in [1.82, 2.24) is 0 Å². The molecule has 0 atom stereocenters. The highest BCUT2D eigenvalue weighted by molar-refractivity contribution is 5.66. The van der Waals surface area contributed by atoms with Gasteiger partial charge in [0.15, 0.2) is 5.75 Å². The van der Waals surface area contributed by atoms with Crippen molar-refractivity contribution in [3.05, 3.63) is 88.1 Å². The Morgan fingerprint density at radius 2 is 1.27 bits per heavy atom. The minimum Gasteiger partial charge on any atom is -0.493 e. The summed E-state index contributed by atoms with van der Waals surface area (Å²) in [7, 11) is 1.48. The Morgan fingerprint density at radius 3 is 1.86 bits per heavy atom. The standard InChI is InChI=1S/C20H14O2/c1-22-20-14-10-16(9-13-19(20)21)6-5-15-7-11-17-3-2-4-18(17)12-8-15/h2-4,7-14H,1H3. The number of ether oxygens (including phenoxy) is 1. The molecule has 2 aliphatic carbocycles. The van der Waals surface area contributed by atoms with Gasteiger partial charge in [0.25, 0.3) is 0 Å². The van der Waals surface area contributed by atoms with E-state index in [0.29, 0.717) is 5.75 Å². The Kier molecular flexibility index (Phi) is 3.89. The first-order valence-corrected chi connectivity index (χ1v) is 6.95. The predicted octanol–water partition coefficient (Wildman–Crippen LogP) is 3.56. The zero-order valence-electron chi connectivity index (χ0n) is 12.2. The average Bonchev–Trinajstić information content (AvgIpc) is 2.79. The lowest BCUT2D eigenvalue weighted by molar-refractivity contribution is 0.411. The van der Waals surface area contributed by atoms with Crippen molar-refractivity contribution in [1.29, 1.82) is 0 Å². The molecular formula is C20H14O2. The fraction of sp³-hybridized carbons (Fsp3) is 0.0500. The number of fused-ring (bicyclic) bond motifs is 1. The Labute approximate surface area is 129 Å². The van der Waals surface area contributed by atoms with Crippen molar-refractivity contribution < 1.29 is 4.74 Å². The normalized spacial score (nSPS) is 9.86. The quantitative estimate of drug-likeness (QED) is 0.639. The van der Waals surface area contributed by atoms with Crippen LogP contribution in [0.4, 0.5) is 0 Å². The van der Waals surface area contributed by atoms with Crippen molar-refractivity contribution in [2.75, 3.05) is 7.11 Å². The van der Waals surface area contributed by atoms with E-state index in [1.54, 1.807) is 18.2 Å². The molecule has 3 rings (SSSR count). The molecule has 0 saturated carbocycles. The highest BCUT2D eigenvalue weighted by Gasteiger charge is 1.98. The first-order chi connectivity index (χ1) is 10.8. The van der Waals surface area contributed by atoms with Gasteiger partial charge >= 0.3 is 0 Å². The van der Waals surface area contributed by atoms with Gasteiger partial charge in [-0.05, 0) is 47.5 Å². The van der Waals surface area contributed by atoms with Crippen LogP contribution >= 0.6 is 0 Å². The third-order valence-electron chi connectivity index (χ3n) is 3.41. The lowest BCUT2D eigenvalue weighted by atomic mass is 10.2. The maximum absolute atomic E-state index is 11.6. The molecule has 2 heteroatoms. The molecule has 2 aliphatic rings. The Hall–Kier alpha value is -3.05. The molecule has 1 aromatic rings. The molecule has 0 aliphatic heterocycles. The monoisotopic (exact) mass is 286 g/mol. The van der Waals surface area contributed by atoms with Crippen LogP contribution in [0.1, 0.15) is 11.1 Å². The van der Waals surface area contributed by atoms with E-state index >= 15 is 0 Å². The summed E-state index contributed by atoms with van der Waals surface area (Å²) in [4.78, 5) is 11.6. The van der Waals surface area contributed by atoms with Gasteiger partial charge in [0.05, 0.1) is 7.11 Å². The molecule has 0 saturated heterocycles. The van der Waals surface area contributed by atoms with Crippen LogP contribution in [0.5, 0.6) is 5.75 Å². The second-order valence-corrected chi connectivity index (χ2v) is 4.86.